The van der Waals surface area contributed by atoms with E-state index in [1.807, 2.05) is 22.4 Å². The van der Waals surface area contributed by atoms with Crippen LogP contribution in [0.5, 0.6) is 0 Å². The number of hydrogen-bond donors (Lipinski definition) is 1. The van der Waals surface area contributed by atoms with Gasteiger partial charge in [0.25, 0.3) is 5.91 Å². The second-order valence-corrected chi connectivity index (χ2v) is 8.59. The van der Waals surface area contributed by atoms with Gasteiger partial charge in [-0.25, -0.2) is 9.97 Å². The number of thiazole rings is 1. The van der Waals surface area contributed by atoms with Gasteiger partial charge in [-0.1, -0.05) is 25.3 Å². The van der Waals surface area contributed by atoms with Gasteiger partial charge in [-0.15, -0.1) is 11.3 Å². The van der Waals surface area contributed by atoms with Crippen LogP contribution in [0.3, 0.4) is 0 Å². The minimum atomic E-state index is -0.247. The number of carbonyl (C=O) groups excluding carboxylic acids is 2. The van der Waals surface area contributed by atoms with Gasteiger partial charge in [0, 0.05) is 42.2 Å². The number of carbonyl (C=O) groups is 2. The molecule has 1 unspecified atom stereocenters. The van der Waals surface area contributed by atoms with Crippen LogP contribution >= 0.6 is 11.3 Å². The molecule has 2 aromatic rings. The first-order valence-electron chi connectivity index (χ1n) is 10.2. The minimum absolute atomic E-state index is 0.189. The Morgan fingerprint density at radius 3 is 2.75 bits per heavy atom. The Balaban J connectivity index is 1.43. The van der Waals surface area contributed by atoms with Gasteiger partial charge in [0.1, 0.15) is 5.69 Å². The maximum Gasteiger partial charge on any atom is 0.276 e. The number of aromatic nitrogens is 2. The molecule has 1 saturated carbocycles. The number of likely N-dealkylation sites (tertiary alicyclic amines) is 1. The molecule has 2 aliphatic rings. The molecule has 1 N–H and O–H groups in total. The third-order valence-corrected chi connectivity index (χ3v) is 6.45. The molecule has 4 rings (SSSR count). The zero-order valence-corrected chi connectivity index (χ0v) is 16.8. The standard InChI is InChI=1S/C21H26N4O2S/c26-19(24-21-22-11-13-28-21)18-10-4-9-17(23-18)16-8-5-12-25(14-16)20(27)15-6-2-1-3-7-15/h4,9-11,13,15-16H,1-3,5-8,12,14H2,(H,22,24,26). The molecule has 2 aromatic heterocycles. The minimum Gasteiger partial charge on any atom is -0.342 e. The Kier molecular flexibility index (Phi) is 6.00. The largest absolute Gasteiger partial charge is 0.342 e. The summed E-state index contributed by atoms with van der Waals surface area (Å²) in [5.74, 6) is 0.467. The molecule has 0 spiro atoms. The molecule has 2 amide bonds. The van der Waals surface area contributed by atoms with Crippen LogP contribution in [0.25, 0.3) is 0 Å². The van der Waals surface area contributed by atoms with Gasteiger partial charge in [-0.3, -0.25) is 14.9 Å². The molecule has 0 bridgehead atoms. The van der Waals surface area contributed by atoms with Crippen LogP contribution in [-0.4, -0.2) is 39.8 Å². The number of nitrogens with zero attached hydrogens (tertiary/aromatic N) is 3. The molecule has 1 saturated heterocycles. The van der Waals surface area contributed by atoms with Gasteiger partial charge in [0.2, 0.25) is 5.91 Å². The highest BCUT2D eigenvalue weighted by atomic mass is 32.1. The fourth-order valence-corrected chi connectivity index (χ4v) is 4.80. The molecule has 2 fully saturated rings. The Labute approximate surface area is 169 Å². The molecule has 1 aliphatic carbocycles. The lowest BCUT2D eigenvalue weighted by molar-refractivity contribution is -0.137. The topological polar surface area (TPSA) is 75.2 Å². The smallest absolute Gasteiger partial charge is 0.276 e. The number of nitrogens with one attached hydrogen (secondary N) is 1. The summed E-state index contributed by atoms with van der Waals surface area (Å²) in [5.41, 5.74) is 1.29. The van der Waals surface area contributed by atoms with Gasteiger partial charge in [-0.05, 0) is 37.8 Å². The van der Waals surface area contributed by atoms with Gasteiger partial charge in [0.05, 0.1) is 0 Å². The van der Waals surface area contributed by atoms with E-state index >= 15 is 0 Å². The first kappa shape index (κ1) is 19.1. The second kappa shape index (κ2) is 8.82. The Bertz CT molecular complexity index is 818. The van der Waals surface area contributed by atoms with Crippen molar-refractivity contribution in [2.75, 3.05) is 18.4 Å². The maximum atomic E-state index is 12.9. The van der Waals surface area contributed by atoms with Crippen molar-refractivity contribution in [3.05, 3.63) is 41.2 Å². The normalized spacial score (nSPS) is 20.7. The van der Waals surface area contributed by atoms with Crippen molar-refractivity contribution in [3.63, 3.8) is 0 Å². The van der Waals surface area contributed by atoms with Crippen LogP contribution in [0.4, 0.5) is 5.13 Å². The summed E-state index contributed by atoms with van der Waals surface area (Å²) in [6.45, 7) is 1.55. The quantitative estimate of drug-likeness (QED) is 0.842. The summed E-state index contributed by atoms with van der Waals surface area (Å²) in [6, 6.07) is 5.57. The van der Waals surface area contributed by atoms with E-state index in [9.17, 15) is 9.59 Å². The third-order valence-electron chi connectivity index (χ3n) is 5.76. The Morgan fingerprint density at radius 1 is 1.11 bits per heavy atom. The summed E-state index contributed by atoms with van der Waals surface area (Å²) < 4.78 is 0. The van der Waals surface area contributed by atoms with Gasteiger partial charge >= 0.3 is 0 Å². The van der Waals surface area contributed by atoms with Crippen molar-refractivity contribution in [2.45, 2.75) is 50.9 Å². The lowest BCUT2D eigenvalue weighted by atomic mass is 9.86. The summed E-state index contributed by atoms with van der Waals surface area (Å²) in [7, 11) is 0. The fourth-order valence-electron chi connectivity index (χ4n) is 4.28. The number of hydrogen-bond acceptors (Lipinski definition) is 5. The first-order valence-corrected chi connectivity index (χ1v) is 11.1. The van der Waals surface area contributed by atoms with Crippen molar-refractivity contribution >= 4 is 28.3 Å². The number of amides is 2. The molecule has 1 atom stereocenters. The lowest BCUT2D eigenvalue weighted by Gasteiger charge is -2.35. The highest BCUT2D eigenvalue weighted by Gasteiger charge is 2.30. The monoisotopic (exact) mass is 398 g/mol. The van der Waals surface area contributed by atoms with Crippen LogP contribution in [0.2, 0.25) is 0 Å². The lowest BCUT2D eigenvalue weighted by Crippen LogP contribution is -2.43. The summed E-state index contributed by atoms with van der Waals surface area (Å²) in [6.07, 6.45) is 9.31. The maximum absolute atomic E-state index is 12.9. The Hall–Kier alpha value is -2.28. The molecule has 7 heteroatoms. The zero-order valence-electron chi connectivity index (χ0n) is 16.0. The van der Waals surface area contributed by atoms with E-state index in [0.717, 1.165) is 37.9 Å². The van der Waals surface area contributed by atoms with E-state index in [2.05, 4.69) is 15.3 Å². The second-order valence-electron chi connectivity index (χ2n) is 7.70. The summed E-state index contributed by atoms with van der Waals surface area (Å²) >= 11 is 1.38. The van der Waals surface area contributed by atoms with Gasteiger partial charge in [-0.2, -0.15) is 0 Å². The molecule has 6 nitrogen and oxygen atoms in total. The average Bonchev–Trinajstić information content (AvgIpc) is 3.27. The summed E-state index contributed by atoms with van der Waals surface area (Å²) in [5, 5.41) is 5.17. The predicted octanol–water partition coefficient (Wildman–Crippen LogP) is 4.08. The number of anilines is 1. The van der Waals surface area contributed by atoms with Crippen molar-refractivity contribution in [1.29, 1.82) is 0 Å². The highest BCUT2D eigenvalue weighted by Crippen LogP contribution is 2.30. The van der Waals surface area contributed by atoms with Crippen molar-refractivity contribution in [3.8, 4) is 0 Å². The van der Waals surface area contributed by atoms with Crippen LogP contribution in [0.1, 0.15) is 67.0 Å². The van der Waals surface area contributed by atoms with E-state index in [1.54, 1.807) is 12.3 Å². The fraction of sp³-hybridized carbons (Fsp3) is 0.524. The molecule has 0 radical (unpaired) electrons. The average molecular weight is 399 g/mol. The number of pyridine rings is 1. The molecular formula is C21H26N4O2S. The zero-order chi connectivity index (χ0) is 19.3. The van der Waals surface area contributed by atoms with E-state index in [4.69, 9.17) is 0 Å². The van der Waals surface area contributed by atoms with Crippen LogP contribution in [0, 0.1) is 5.92 Å². The number of rotatable bonds is 4. The number of piperidine rings is 1. The van der Waals surface area contributed by atoms with Crippen LogP contribution < -0.4 is 5.32 Å². The first-order chi connectivity index (χ1) is 13.7. The SMILES string of the molecule is O=C(Nc1nccs1)c1cccc(C2CCCN(C(=O)C3CCCCC3)C2)n1. The summed E-state index contributed by atoms with van der Waals surface area (Å²) in [4.78, 5) is 36.1. The molecule has 3 heterocycles. The molecule has 1 aliphatic heterocycles. The van der Waals surface area contributed by atoms with Crippen molar-refractivity contribution < 1.29 is 9.59 Å². The highest BCUT2D eigenvalue weighted by molar-refractivity contribution is 7.13. The van der Waals surface area contributed by atoms with Crippen LogP contribution in [0.15, 0.2) is 29.8 Å². The van der Waals surface area contributed by atoms with E-state index in [0.29, 0.717) is 23.3 Å². The van der Waals surface area contributed by atoms with Crippen molar-refractivity contribution in [2.24, 2.45) is 5.92 Å². The Morgan fingerprint density at radius 2 is 1.96 bits per heavy atom. The van der Waals surface area contributed by atoms with Crippen LogP contribution in [-0.2, 0) is 4.79 Å². The van der Waals surface area contributed by atoms with E-state index < -0.39 is 0 Å². The van der Waals surface area contributed by atoms with Gasteiger partial charge in [0.15, 0.2) is 5.13 Å². The molecular weight excluding hydrogens is 372 g/mol. The van der Waals surface area contributed by atoms with E-state index in [-0.39, 0.29) is 17.7 Å². The molecule has 0 aromatic carbocycles. The van der Waals surface area contributed by atoms with Crippen molar-refractivity contribution in [1.82, 2.24) is 14.9 Å². The molecule has 148 valence electrons. The third kappa shape index (κ3) is 4.41. The van der Waals surface area contributed by atoms with Gasteiger partial charge < -0.3 is 4.90 Å². The molecule has 28 heavy (non-hydrogen) atoms. The predicted molar refractivity (Wildman–Crippen MR) is 109 cm³/mol. The van der Waals surface area contributed by atoms with E-state index in [1.165, 1.54) is 30.6 Å².